The summed E-state index contributed by atoms with van der Waals surface area (Å²) in [6.07, 6.45) is 2.29. The van der Waals surface area contributed by atoms with E-state index in [9.17, 15) is 0 Å². The lowest BCUT2D eigenvalue weighted by Gasteiger charge is -2.26. The fraction of sp³-hybridized carbons (Fsp3) is 0.600. The largest absolute Gasteiger partial charge is 0.328 e. The van der Waals surface area contributed by atoms with Crippen LogP contribution in [0.3, 0.4) is 0 Å². The average Bonchev–Trinajstić information content (AvgIpc) is 2.28. The van der Waals surface area contributed by atoms with E-state index in [1.165, 1.54) is 12.0 Å². The van der Waals surface area contributed by atoms with Crippen LogP contribution in [0, 0.1) is 0 Å². The van der Waals surface area contributed by atoms with Crippen LogP contribution in [0.25, 0.3) is 0 Å². The summed E-state index contributed by atoms with van der Waals surface area (Å²) in [4.78, 5) is 2.51. The topological polar surface area (TPSA) is 29.3 Å². The van der Waals surface area contributed by atoms with Crippen LogP contribution in [0.2, 0.25) is 0 Å². The molecule has 0 aliphatic rings. The van der Waals surface area contributed by atoms with E-state index in [4.69, 9.17) is 5.73 Å². The molecule has 2 N–H and O–H groups in total. The van der Waals surface area contributed by atoms with Crippen LogP contribution in [0.15, 0.2) is 30.3 Å². The molecule has 0 aliphatic carbocycles. The highest BCUT2D eigenvalue weighted by atomic mass is 15.1. The normalized spacial score (nSPS) is 13.3. The first-order chi connectivity index (χ1) is 8.09. The summed E-state index contributed by atoms with van der Waals surface area (Å²) in [5.41, 5.74) is 7.18. The minimum atomic E-state index is 0.320. The zero-order chi connectivity index (χ0) is 12.7. The lowest BCUT2D eigenvalue weighted by molar-refractivity contribution is 0.207. The van der Waals surface area contributed by atoms with Gasteiger partial charge in [0.25, 0.3) is 0 Å². The van der Waals surface area contributed by atoms with E-state index in [1.54, 1.807) is 0 Å². The molecule has 17 heavy (non-hydrogen) atoms. The Morgan fingerprint density at radius 3 is 2.29 bits per heavy atom. The quantitative estimate of drug-likeness (QED) is 0.786. The second kappa shape index (κ2) is 7.46. The van der Waals surface area contributed by atoms with Crippen molar-refractivity contribution in [3.05, 3.63) is 35.9 Å². The molecule has 0 saturated heterocycles. The van der Waals surface area contributed by atoms with E-state index in [1.807, 2.05) is 0 Å². The number of nitrogens with zero attached hydrogens (tertiary/aromatic N) is 1. The number of nitrogens with two attached hydrogens (primary N) is 1. The smallest absolute Gasteiger partial charge is 0.0236 e. The van der Waals surface area contributed by atoms with E-state index in [-0.39, 0.29) is 0 Å². The van der Waals surface area contributed by atoms with Crippen molar-refractivity contribution in [1.82, 2.24) is 4.90 Å². The van der Waals surface area contributed by atoms with Gasteiger partial charge in [0.15, 0.2) is 0 Å². The van der Waals surface area contributed by atoms with Crippen molar-refractivity contribution in [1.29, 1.82) is 0 Å². The van der Waals surface area contributed by atoms with Gasteiger partial charge in [0.2, 0.25) is 0 Å². The fourth-order valence-electron chi connectivity index (χ4n) is 1.95. The predicted octanol–water partition coefficient (Wildman–Crippen LogP) is 3.02. The molecular weight excluding hydrogens is 208 g/mol. The predicted molar refractivity (Wildman–Crippen MR) is 74.9 cm³/mol. The molecule has 0 fully saturated rings. The maximum absolute atomic E-state index is 5.79. The Morgan fingerprint density at radius 1 is 1.12 bits per heavy atom. The monoisotopic (exact) mass is 234 g/mol. The summed E-state index contributed by atoms with van der Waals surface area (Å²) in [5.74, 6) is 0. The summed E-state index contributed by atoms with van der Waals surface area (Å²) < 4.78 is 0. The van der Waals surface area contributed by atoms with Crippen molar-refractivity contribution in [3.63, 3.8) is 0 Å². The standard InChI is InChI=1S/C15H26N2/c1-13(2)17(11-7-8-14(3)16)12-15-9-5-4-6-10-15/h4-6,9-10,13-14H,7-8,11-12,16H2,1-3H3. The van der Waals surface area contributed by atoms with Gasteiger partial charge in [-0.2, -0.15) is 0 Å². The van der Waals surface area contributed by atoms with Gasteiger partial charge in [0.1, 0.15) is 0 Å². The molecule has 0 heterocycles. The first kappa shape index (κ1) is 14.2. The molecule has 0 radical (unpaired) electrons. The van der Waals surface area contributed by atoms with Gasteiger partial charge >= 0.3 is 0 Å². The van der Waals surface area contributed by atoms with Gasteiger partial charge in [-0.3, -0.25) is 4.90 Å². The molecule has 0 aliphatic heterocycles. The van der Waals surface area contributed by atoms with Gasteiger partial charge in [-0.15, -0.1) is 0 Å². The summed E-state index contributed by atoms with van der Waals surface area (Å²) in [6.45, 7) is 8.77. The third kappa shape index (κ3) is 5.85. The van der Waals surface area contributed by atoms with Gasteiger partial charge in [0.05, 0.1) is 0 Å². The number of hydrogen-bond acceptors (Lipinski definition) is 2. The highest BCUT2D eigenvalue weighted by molar-refractivity contribution is 5.14. The Balaban J connectivity index is 2.44. The van der Waals surface area contributed by atoms with Crippen molar-refractivity contribution < 1.29 is 0 Å². The lowest BCUT2D eigenvalue weighted by atomic mass is 10.1. The van der Waals surface area contributed by atoms with Crippen molar-refractivity contribution in [2.75, 3.05) is 6.54 Å². The zero-order valence-corrected chi connectivity index (χ0v) is 11.4. The molecule has 1 aromatic carbocycles. The first-order valence-corrected chi connectivity index (χ1v) is 6.63. The Morgan fingerprint density at radius 2 is 1.76 bits per heavy atom. The fourth-order valence-corrected chi connectivity index (χ4v) is 1.95. The van der Waals surface area contributed by atoms with Gasteiger partial charge in [-0.05, 0) is 45.7 Å². The minimum Gasteiger partial charge on any atom is -0.328 e. The SMILES string of the molecule is CC(N)CCCN(Cc1ccccc1)C(C)C. The summed E-state index contributed by atoms with van der Waals surface area (Å²) in [6, 6.07) is 11.6. The average molecular weight is 234 g/mol. The molecule has 2 heteroatoms. The maximum Gasteiger partial charge on any atom is 0.0236 e. The molecule has 0 saturated carbocycles. The summed E-state index contributed by atoms with van der Waals surface area (Å²) >= 11 is 0. The Kier molecular flexibility index (Phi) is 6.23. The van der Waals surface area contributed by atoms with Crippen LogP contribution in [0.4, 0.5) is 0 Å². The van der Waals surface area contributed by atoms with Gasteiger partial charge < -0.3 is 5.73 Å². The van der Waals surface area contributed by atoms with E-state index in [0.29, 0.717) is 12.1 Å². The first-order valence-electron chi connectivity index (χ1n) is 6.63. The van der Waals surface area contributed by atoms with E-state index in [2.05, 4.69) is 56.0 Å². The second-order valence-electron chi connectivity index (χ2n) is 5.17. The highest BCUT2D eigenvalue weighted by Crippen LogP contribution is 2.09. The highest BCUT2D eigenvalue weighted by Gasteiger charge is 2.09. The third-order valence-corrected chi connectivity index (χ3v) is 3.06. The van der Waals surface area contributed by atoms with E-state index < -0.39 is 0 Å². The Labute approximate surface area is 106 Å². The molecule has 1 rings (SSSR count). The van der Waals surface area contributed by atoms with Crippen molar-refractivity contribution in [3.8, 4) is 0 Å². The van der Waals surface area contributed by atoms with Crippen LogP contribution < -0.4 is 5.73 Å². The molecule has 1 aromatic rings. The van der Waals surface area contributed by atoms with Crippen LogP contribution in [0.5, 0.6) is 0 Å². The van der Waals surface area contributed by atoms with E-state index >= 15 is 0 Å². The van der Waals surface area contributed by atoms with Crippen LogP contribution in [0.1, 0.15) is 39.2 Å². The molecule has 96 valence electrons. The second-order valence-corrected chi connectivity index (χ2v) is 5.17. The molecule has 0 amide bonds. The molecular formula is C15H26N2. The van der Waals surface area contributed by atoms with Gasteiger partial charge in [-0.1, -0.05) is 30.3 Å². The van der Waals surface area contributed by atoms with Crippen LogP contribution >= 0.6 is 0 Å². The van der Waals surface area contributed by atoms with Crippen molar-refractivity contribution in [2.45, 2.75) is 52.2 Å². The summed E-state index contributed by atoms with van der Waals surface area (Å²) in [7, 11) is 0. The van der Waals surface area contributed by atoms with Crippen molar-refractivity contribution >= 4 is 0 Å². The zero-order valence-electron chi connectivity index (χ0n) is 11.4. The number of hydrogen-bond donors (Lipinski definition) is 1. The molecule has 0 aromatic heterocycles. The summed E-state index contributed by atoms with van der Waals surface area (Å²) in [5, 5.41) is 0. The molecule has 1 unspecified atom stereocenters. The lowest BCUT2D eigenvalue weighted by Crippen LogP contribution is -2.32. The van der Waals surface area contributed by atoms with Crippen LogP contribution in [-0.4, -0.2) is 23.5 Å². The maximum atomic E-state index is 5.79. The molecule has 2 nitrogen and oxygen atoms in total. The Hall–Kier alpha value is -0.860. The van der Waals surface area contributed by atoms with E-state index in [0.717, 1.165) is 19.5 Å². The molecule has 0 bridgehead atoms. The van der Waals surface area contributed by atoms with Gasteiger partial charge in [-0.25, -0.2) is 0 Å². The molecule has 1 atom stereocenters. The number of rotatable bonds is 7. The van der Waals surface area contributed by atoms with Gasteiger partial charge in [0, 0.05) is 18.6 Å². The minimum absolute atomic E-state index is 0.320. The number of benzene rings is 1. The van der Waals surface area contributed by atoms with Crippen LogP contribution in [-0.2, 0) is 6.54 Å². The molecule has 0 spiro atoms. The third-order valence-electron chi connectivity index (χ3n) is 3.06. The van der Waals surface area contributed by atoms with Crippen molar-refractivity contribution in [2.24, 2.45) is 5.73 Å². The Bertz CT molecular complexity index is 293.